The quantitative estimate of drug-likeness (QED) is 0.517. The van der Waals surface area contributed by atoms with E-state index >= 15 is 0 Å². The van der Waals surface area contributed by atoms with Crippen LogP contribution in [0.1, 0.15) is 20.3 Å². The Balaban J connectivity index is 2.19. The molecule has 0 aliphatic carbocycles. The van der Waals surface area contributed by atoms with Gasteiger partial charge in [0.1, 0.15) is 0 Å². The van der Waals surface area contributed by atoms with Crippen molar-refractivity contribution in [2.75, 3.05) is 38.8 Å². The maximum Gasteiger partial charge on any atom is 0.0837 e. The Morgan fingerprint density at radius 1 is 1.47 bits per heavy atom. The molecule has 1 rings (SSSR count). The number of hydrogen-bond acceptors (Lipinski definition) is 3. The Morgan fingerprint density at radius 2 is 2.27 bits per heavy atom. The molecule has 0 aromatic heterocycles. The van der Waals surface area contributed by atoms with Crippen LogP contribution in [0, 0.1) is 0 Å². The lowest BCUT2D eigenvalue weighted by Gasteiger charge is -2.37. The summed E-state index contributed by atoms with van der Waals surface area (Å²) in [5, 5.41) is 0. The monoisotopic (exact) mass is 235 g/mol. The Kier molecular flexibility index (Phi) is 6.57. The van der Waals surface area contributed by atoms with Gasteiger partial charge >= 0.3 is 0 Å². The first-order valence-corrected chi connectivity index (χ1v) is 6.30. The highest BCUT2D eigenvalue weighted by Crippen LogP contribution is 2.12. The van der Waals surface area contributed by atoms with Crippen LogP contribution >= 0.6 is 11.6 Å². The lowest BCUT2D eigenvalue weighted by atomic mass is 10.2. The minimum Gasteiger partial charge on any atom is -0.380 e. The maximum atomic E-state index is 5.79. The number of halogens is 1. The van der Waals surface area contributed by atoms with Gasteiger partial charge in [-0.3, -0.25) is 4.90 Å². The molecule has 2 unspecified atom stereocenters. The van der Waals surface area contributed by atoms with E-state index in [2.05, 4.69) is 18.7 Å². The van der Waals surface area contributed by atoms with E-state index in [0.717, 1.165) is 39.3 Å². The predicted molar refractivity (Wildman–Crippen MR) is 62.6 cm³/mol. The topological polar surface area (TPSA) is 21.7 Å². The molecule has 2 atom stereocenters. The Morgan fingerprint density at radius 3 is 2.93 bits per heavy atom. The van der Waals surface area contributed by atoms with Gasteiger partial charge in [0.15, 0.2) is 0 Å². The van der Waals surface area contributed by atoms with Crippen molar-refractivity contribution in [3.05, 3.63) is 0 Å². The van der Waals surface area contributed by atoms with Gasteiger partial charge in [-0.1, -0.05) is 6.92 Å². The third kappa shape index (κ3) is 4.68. The zero-order valence-electron chi connectivity index (χ0n) is 9.75. The molecule has 1 fully saturated rings. The van der Waals surface area contributed by atoms with E-state index in [0.29, 0.717) is 11.9 Å². The highest BCUT2D eigenvalue weighted by atomic mass is 35.5. The van der Waals surface area contributed by atoms with Crippen LogP contribution in [0.15, 0.2) is 0 Å². The number of alkyl halides is 1. The van der Waals surface area contributed by atoms with E-state index in [4.69, 9.17) is 21.1 Å². The SMILES string of the molecule is CCCOCCN1CC(CCl)OCC1C. The molecular weight excluding hydrogens is 214 g/mol. The second-order valence-corrected chi connectivity index (χ2v) is 4.37. The van der Waals surface area contributed by atoms with E-state index < -0.39 is 0 Å². The molecule has 0 spiro atoms. The molecule has 1 aliphatic heterocycles. The lowest BCUT2D eigenvalue weighted by molar-refractivity contribution is -0.0554. The van der Waals surface area contributed by atoms with E-state index in [9.17, 15) is 0 Å². The van der Waals surface area contributed by atoms with Gasteiger partial charge in [0.05, 0.1) is 19.3 Å². The van der Waals surface area contributed by atoms with Gasteiger partial charge in [0.25, 0.3) is 0 Å². The van der Waals surface area contributed by atoms with Crippen LogP contribution in [0.25, 0.3) is 0 Å². The van der Waals surface area contributed by atoms with Crippen LogP contribution in [-0.4, -0.2) is 55.8 Å². The van der Waals surface area contributed by atoms with E-state index in [-0.39, 0.29) is 6.10 Å². The molecule has 0 amide bonds. The van der Waals surface area contributed by atoms with Gasteiger partial charge < -0.3 is 9.47 Å². The highest BCUT2D eigenvalue weighted by Gasteiger charge is 2.24. The summed E-state index contributed by atoms with van der Waals surface area (Å²) < 4.78 is 11.1. The molecule has 0 radical (unpaired) electrons. The third-order valence-corrected chi connectivity index (χ3v) is 3.02. The molecule has 0 aromatic rings. The van der Waals surface area contributed by atoms with Crippen molar-refractivity contribution in [2.24, 2.45) is 0 Å². The molecule has 0 saturated carbocycles. The maximum absolute atomic E-state index is 5.79. The summed E-state index contributed by atoms with van der Waals surface area (Å²) in [6.45, 7) is 8.68. The van der Waals surface area contributed by atoms with Gasteiger partial charge in [-0.05, 0) is 13.3 Å². The molecule has 15 heavy (non-hydrogen) atoms. The fourth-order valence-corrected chi connectivity index (χ4v) is 1.89. The van der Waals surface area contributed by atoms with Crippen molar-refractivity contribution >= 4 is 11.6 Å². The van der Waals surface area contributed by atoms with Crippen molar-refractivity contribution in [3.63, 3.8) is 0 Å². The summed E-state index contributed by atoms with van der Waals surface area (Å²) in [7, 11) is 0. The smallest absolute Gasteiger partial charge is 0.0837 e. The summed E-state index contributed by atoms with van der Waals surface area (Å²) in [6.07, 6.45) is 1.28. The van der Waals surface area contributed by atoms with E-state index in [1.54, 1.807) is 0 Å². The summed E-state index contributed by atoms with van der Waals surface area (Å²) in [5.41, 5.74) is 0. The van der Waals surface area contributed by atoms with Crippen LogP contribution in [0.3, 0.4) is 0 Å². The zero-order valence-corrected chi connectivity index (χ0v) is 10.5. The largest absolute Gasteiger partial charge is 0.380 e. The van der Waals surface area contributed by atoms with Gasteiger partial charge in [0, 0.05) is 31.6 Å². The van der Waals surface area contributed by atoms with Crippen LogP contribution < -0.4 is 0 Å². The normalized spacial score (nSPS) is 28.2. The molecule has 1 aliphatic rings. The van der Waals surface area contributed by atoms with Crippen LogP contribution in [0.5, 0.6) is 0 Å². The van der Waals surface area contributed by atoms with Gasteiger partial charge in [-0.15, -0.1) is 11.6 Å². The van der Waals surface area contributed by atoms with Gasteiger partial charge in [-0.2, -0.15) is 0 Å². The van der Waals surface area contributed by atoms with Crippen molar-refractivity contribution in [1.29, 1.82) is 0 Å². The highest BCUT2D eigenvalue weighted by molar-refractivity contribution is 6.18. The standard InChI is InChI=1S/C11H22ClNO2/c1-3-5-14-6-4-13-8-11(7-12)15-9-10(13)2/h10-11H,3-9H2,1-2H3. The van der Waals surface area contributed by atoms with Crippen LogP contribution in [0.4, 0.5) is 0 Å². The van der Waals surface area contributed by atoms with Crippen molar-refractivity contribution in [2.45, 2.75) is 32.4 Å². The predicted octanol–water partition coefficient (Wildman–Crippen LogP) is 1.74. The first-order chi connectivity index (χ1) is 7.27. The summed E-state index contributed by atoms with van der Waals surface area (Å²) in [6, 6.07) is 0.481. The van der Waals surface area contributed by atoms with Gasteiger partial charge in [-0.25, -0.2) is 0 Å². The average molecular weight is 236 g/mol. The van der Waals surface area contributed by atoms with Crippen molar-refractivity contribution < 1.29 is 9.47 Å². The molecule has 0 aromatic carbocycles. The molecule has 0 N–H and O–H groups in total. The lowest BCUT2D eigenvalue weighted by Crippen LogP contribution is -2.49. The number of rotatable bonds is 6. The zero-order chi connectivity index (χ0) is 11.1. The molecule has 1 heterocycles. The molecule has 1 saturated heterocycles. The molecule has 90 valence electrons. The van der Waals surface area contributed by atoms with Crippen molar-refractivity contribution in [1.82, 2.24) is 4.90 Å². The molecule has 3 nitrogen and oxygen atoms in total. The first kappa shape index (κ1) is 13.2. The average Bonchev–Trinajstić information content (AvgIpc) is 2.26. The van der Waals surface area contributed by atoms with Crippen molar-refractivity contribution in [3.8, 4) is 0 Å². The number of hydrogen-bond donors (Lipinski definition) is 0. The third-order valence-electron chi connectivity index (χ3n) is 2.68. The Hall–Kier alpha value is 0.170. The summed E-state index contributed by atoms with van der Waals surface area (Å²) >= 11 is 5.79. The minimum atomic E-state index is 0.189. The number of ether oxygens (including phenoxy) is 2. The van der Waals surface area contributed by atoms with E-state index in [1.807, 2.05) is 0 Å². The van der Waals surface area contributed by atoms with E-state index in [1.165, 1.54) is 0 Å². The molecular formula is C11H22ClNO2. The molecule has 4 heteroatoms. The first-order valence-electron chi connectivity index (χ1n) is 5.77. The van der Waals surface area contributed by atoms with Gasteiger partial charge in [0.2, 0.25) is 0 Å². The fourth-order valence-electron chi connectivity index (χ4n) is 1.71. The minimum absolute atomic E-state index is 0.189. The fraction of sp³-hybridized carbons (Fsp3) is 1.00. The summed E-state index contributed by atoms with van der Waals surface area (Å²) in [4.78, 5) is 2.40. The summed E-state index contributed by atoms with van der Waals surface area (Å²) in [5.74, 6) is 0.582. The second kappa shape index (κ2) is 7.44. The van der Waals surface area contributed by atoms with Crippen LogP contribution in [-0.2, 0) is 9.47 Å². The Labute approximate surface area is 97.7 Å². The number of nitrogens with zero attached hydrogens (tertiary/aromatic N) is 1. The molecule has 0 bridgehead atoms. The van der Waals surface area contributed by atoms with Crippen LogP contribution in [0.2, 0.25) is 0 Å². The number of morpholine rings is 1. The second-order valence-electron chi connectivity index (χ2n) is 4.07. The Bertz CT molecular complexity index is 169.